The van der Waals surface area contributed by atoms with Gasteiger partial charge < -0.3 is 20.9 Å². The van der Waals surface area contributed by atoms with E-state index in [1.54, 1.807) is 11.0 Å². The fraction of sp³-hybridized carbons (Fsp3) is 0.526. The average Bonchev–Trinajstić information content (AvgIpc) is 3.05. The quantitative estimate of drug-likeness (QED) is 0.427. The zero-order valence-electron chi connectivity index (χ0n) is 15.6. The molecular formula is C19H25IN6O. The first-order chi connectivity index (χ1) is 12.9. The number of nitrogens with two attached hydrogens (primary N) is 1. The normalized spacial score (nSPS) is 32.4. The number of allylic oxidation sites excluding steroid dienone is 2. The summed E-state index contributed by atoms with van der Waals surface area (Å²) in [5.41, 5.74) is 6.57. The van der Waals surface area contributed by atoms with Gasteiger partial charge in [0.05, 0.1) is 0 Å². The first-order valence-electron chi connectivity index (χ1n) is 9.42. The number of hydrogen-bond acceptors (Lipinski definition) is 6. The van der Waals surface area contributed by atoms with Crippen LogP contribution in [0.3, 0.4) is 0 Å². The van der Waals surface area contributed by atoms with Gasteiger partial charge in [-0.25, -0.2) is 4.99 Å². The van der Waals surface area contributed by atoms with Crippen molar-refractivity contribution in [1.82, 2.24) is 15.1 Å². The molecule has 0 aromatic heterocycles. The molecule has 27 heavy (non-hydrogen) atoms. The van der Waals surface area contributed by atoms with E-state index in [9.17, 15) is 4.79 Å². The third kappa shape index (κ3) is 2.71. The zero-order valence-corrected chi connectivity index (χ0v) is 17.8. The largest absolute Gasteiger partial charge is 0.405 e. The van der Waals surface area contributed by atoms with E-state index in [0.29, 0.717) is 27.1 Å². The molecule has 2 atom stereocenters. The van der Waals surface area contributed by atoms with Gasteiger partial charge in [0.2, 0.25) is 0 Å². The Balaban J connectivity index is 1.86. The average molecular weight is 480 g/mol. The molecule has 4 aliphatic rings. The highest BCUT2D eigenvalue weighted by Gasteiger charge is 2.67. The van der Waals surface area contributed by atoms with Gasteiger partial charge in [-0.3, -0.25) is 10.2 Å². The lowest BCUT2D eigenvalue weighted by atomic mass is 9.99. The molecule has 144 valence electrons. The van der Waals surface area contributed by atoms with Crippen molar-refractivity contribution in [2.45, 2.75) is 50.6 Å². The van der Waals surface area contributed by atoms with Gasteiger partial charge in [-0.2, -0.15) is 0 Å². The maximum atomic E-state index is 13.3. The van der Waals surface area contributed by atoms with Crippen molar-refractivity contribution in [2.24, 2.45) is 16.6 Å². The third-order valence-electron chi connectivity index (χ3n) is 6.20. The van der Waals surface area contributed by atoms with Gasteiger partial charge in [-0.15, -0.1) is 0 Å². The first-order valence-corrected chi connectivity index (χ1v) is 10.5. The van der Waals surface area contributed by atoms with E-state index in [-0.39, 0.29) is 5.91 Å². The molecule has 2 heterocycles. The van der Waals surface area contributed by atoms with E-state index in [1.165, 1.54) is 19.0 Å². The summed E-state index contributed by atoms with van der Waals surface area (Å²) < 4.78 is 0.361. The molecule has 1 amide bonds. The van der Waals surface area contributed by atoms with E-state index in [4.69, 9.17) is 16.1 Å². The summed E-state index contributed by atoms with van der Waals surface area (Å²) in [6, 6.07) is 0.349. The molecule has 3 fully saturated rings. The summed E-state index contributed by atoms with van der Waals surface area (Å²) in [5, 5.41) is 11.2. The van der Waals surface area contributed by atoms with Crippen molar-refractivity contribution in [3.63, 3.8) is 0 Å². The van der Waals surface area contributed by atoms with E-state index in [1.807, 2.05) is 35.8 Å². The molecular weight excluding hydrogens is 455 g/mol. The number of aliphatic imine (C=N–C) groups is 1. The molecule has 1 saturated heterocycles. The molecule has 8 heteroatoms. The maximum Gasteiger partial charge on any atom is 0.253 e. The van der Waals surface area contributed by atoms with Crippen LogP contribution in [0.5, 0.6) is 0 Å². The van der Waals surface area contributed by atoms with Crippen LogP contribution in [0.15, 0.2) is 40.6 Å². The Labute approximate surface area is 173 Å². The van der Waals surface area contributed by atoms with Crippen LogP contribution in [0.25, 0.3) is 0 Å². The SMILES string of the molecule is C[C@H]1C[C@@]12C(=O)N(C)C1=CNC(=C(/C=C\N)C(=N)I)N=C1N2C1CCCC1. The number of rotatable bonds is 3. The lowest BCUT2D eigenvalue weighted by molar-refractivity contribution is -0.136. The van der Waals surface area contributed by atoms with Crippen LogP contribution in [0.1, 0.15) is 39.0 Å². The minimum Gasteiger partial charge on any atom is -0.405 e. The second kappa shape index (κ2) is 6.65. The molecule has 4 rings (SSSR count). The van der Waals surface area contributed by atoms with Crippen LogP contribution >= 0.6 is 22.6 Å². The predicted octanol–water partition coefficient (Wildman–Crippen LogP) is 2.42. The Hall–Kier alpha value is -1.84. The molecule has 0 aromatic carbocycles. The van der Waals surface area contributed by atoms with Crippen LogP contribution < -0.4 is 11.1 Å². The van der Waals surface area contributed by atoms with Crippen LogP contribution in [-0.4, -0.2) is 43.9 Å². The fourth-order valence-corrected chi connectivity index (χ4v) is 5.14. The fourth-order valence-electron chi connectivity index (χ4n) is 4.71. The number of nitrogens with zero attached hydrogens (tertiary/aromatic N) is 3. The Bertz CT molecular complexity index is 822. The van der Waals surface area contributed by atoms with Gasteiger partial charge in [0.15, 0.2) is 5.84 Å². The molecule has 1 spiro atoms. The van der Waals surface area contributed by atoms with E-state index < -0.39 is 5.54 Å². The summed E-state index contributed by atoms with van der Waals surface area (Å²) in [6.45, 7) is 2.16. The van der Waals surface area contributed by atoms with Gasteiger partial charge in [0.1, 0.15) is 20.8 Å². The van der Waals surface area contributed by atoms with Crippen molar-refractivity contribution in [3.8, 4) is 0 Å². The van der Waals surface area contributed by atoms with Crippen molar-refractivity contribution in [2.75, 3.05) is 7.05 Å². The number of hydrogen-bond donors (Lipinski definition) is 3. The summed E-state index contributed by atoms with van der Waals surface area (Å²) in [4.78, 5) is 22.2. The van der Waals surface area contributed by atoms with E-state index in [0.717, 1.165) is 30.8 Å². The highest BCUT2D eigenvalue weighted by atomic mass is 127. The van der Waals surface area contributed by atoms with Gasteiger partial charge in [0, 0.05) is 24.9 Å². The minimum atomic E-state index is -0.454. The van der Waals surface area contributed by atoms with E-state index in [2.05, 4.69) is 17.1 Å². The predicted molar refractivity (Wildman–Crippen MR) is 114 cm³/mol. The second-order valence-electron chi connectivity index (χ2n) is 7.75. The van der Waals surface area contributed by atoms with Crippen molar-refractivity contribution in [3.05, 3.63) is 35.6 Å². The molecule has 0 aromatic rings. The highest BCUT2D eigenvalue weighted by Crippen LogP contribution is 2.55. The lowest BCUT2D eigenvalue weighted by Crippen LogP contribution is -2.63. The number of piperazine rings is 1. The van der Waals surface area contributed by atoms with Crippen LogP contribution in [0.4, 0.5) is 0 Å². The Morgan fingerprint density at radius 2 is 2.15 bits per heavy atom. The lowest BCUT2D eigenvalue weighted by Gasteiger charge is -2.47. The summed E-state index contributed by atoms with van der Waals surface area (Å²) in [7, 11) is 1.83. The highest BCUT2D eigenvalue weighted by molar-refractivity contribution is 14.1. The molecule has 4 N–H and O–H groups in total. The zero-order chi connectivity index (χ0) is 19.3. The molecule has 0 radical (unpaired) electrons. The Kier molecular flexibility index (Phi) is 4.56. The Morgan fingerprint density at radius 1 is 1.48 bits per heavy atom. The summed E-state index contributed by atoms with van der Waals surface area (Å²) in [5.74, 6) is 1.95. The number of fused-ring (bicyclic) bond motifs is 1. The summed E-state index contributed by atoms with van der Waals surface area (Å²) in [6.07, 6.45) is 10.4. The molecule has 2 saturated carbocycles. The number of likely N-dealkylation sites (N-methyl/N-ethyl adjacent to an activating group) is 1. The molecule has 2 aliphatic carbocycles. The van der Waals surface area contributed by atoms with Gasteiger partial charge in [-0.05, 0) is 60.0 Å². The summed E-state index contributed by atoms with van der Waals surface area (Å²) >= 11 is 1.96. The van der Waals surface area contributed by atoms with Gasteiger partial charge >= 0.3 is 0 Å². The van der Waals surface area contributed by atoms with Crippen LogP contribution in [0.2, 0.25) is 0 Å². The van der Waals surface area contributed by atoms with Crippen LogP contribution in [-0.2, 0) is 4.79 Å². The van der Waals surface area contributed by atoms with Gasteiger partial charge in [-0.1, -0.05) is 19.8 Å². The standard InChI is InChI=1S/C19H25IN6O/c1-11-9-19(11)18(27)25(2)14-10-23-16(13(7-8-21)15(20)22)24-17(14)26(19)12-5-3-4-6-12/h7-8,10-12,22-23H,3-6,9,21H2,1-2H3/b8-7-,16-13?,22-15?/t11-,19-/m0/s1. The number of nitrogens with one attached hydrogen (secondary N) is 2. The number of amidine groups is 1. The van der Waals surface area contributed by atoms with Crippen molar-refractivity contribution in [1.29, 1.82) is 5.41 Å². The second-order valence-corrected chi connectivity index (χ2v) is 8.83. The smallest absolute Gasteiger partial charge is 0.253 e. The van der Waals surface area contributed by atoms with Gasteiger partial charge in [0.25, 0.3) is 5.91 Å². The van der Waals surface area contributed by atoms with Crippen LogP contribution in [0, 0.1) is 11.3 Å². The van der Waals surface area contributed by atoms with Crippen molar-refractivity contribution < 1.29 is 4.79 Å². The number of carbonyl (C=O) groups excluding carboxylic acids is 1. The molecule has 0 unspecified atom stereocenters. The molecule has 7 nitrogen and oxygen atoms in total. The monoisotopic (exact) mass is 480 g/mol. The Morgan fingerprint density at radius 3 is 2.70 bits per heavy atom. The minimum absolute atomic E-state index is 0.171. The van der Waals surface area contributed by atoms with E-state index >= 15 is 0 Å². The third-order valence-corrected chi connectivity index (χ3v) is 6.78. The molecule has 2 aliphatic heterocycles. The number of carbonyl (C=O) groups is 1. The maximum absolute atomic E-state index is 13.3. The molecule has 0 bridgehead atoms. The first kappa shape index (κ1) is 18.5. The topological polar surface area (TPSA) is 97.8 Å². The number of amides is 1. The number of halogens is 1. The van der Waals surface area contributed by atoms with Crippen molar-refractivity contribution >= 4 is 38.1 Å².